The van der Waals surface area contributed by atoms with Crippen molar-refractivity contribution in [3.8, 4) is 0 Å². The van der Waals surface area contributed by atoms with E-state index in [2.05, 4.69) is 27.4 Å². The third-order valence-electron chi connectivity index (χ3n) is 5.39. The molecule has 0 radical (unpaired) electrons. The zero-order chi connectivity index (χ0) is 19.1. The normalized spacial score (nSPS) is 23.3. The number of carbonyl (C=O) groups is 3. The minimum Gasteiger partial charge on any atom is -0.339 e. The third-order valence-corrected chi connectivity index (χ3v) is 5.39. The largest absolute Gasteiger partial charge is 0.339 e. The molecule has 8 heteroatoms. The van der Waals surface area contributed by atoms with Gasteiger partial charge in [0.25, 0.3) is 0 Å². The zero-order valence-electron chi connectivity index (χ0n) is 16.3. The highest BCUT2D eigenvalue weighted by Crippen LogP contribution is 2.17. The summed E-state index contributed by atoms with van der Waals surface area (Å²) in [6, 6.07) is -0.475. The van der Waals surface area contributed by atoms with E-state index in [0.29, 0.717) is 32.2 Å². The van der Waals surface area contributed by atoms with Crippen LogP contribution in [0.25, 0.3) is 0 Å². The maximum atomic E-state index is 12.5. The van der Waals surface area contributed by atoms with Gasteiger partial charge in [0.2, 0.25) is 11.8 Å². The maximum absolute atomic E-state index is 12.5. The molecule has 2 heterocycles. The second-order valence-electron chi connectivity index (χ2n) is 7.27. The van der Waals surface area contributed by atoms with E-state index in [4.69, 9.17) is 0 Å². The van der Waals surface area contributed by atoms with Crippen LogP contribution in [0.2, 0.25) is 0 Å². The number of rotatable bonds is 5. The molecule has 2 fully saturated rings. The van der Waals surface area contributed by atoms with E-state index < -0.39 is 6.03 Å². The van der Waals surface area contributed by atoms with Gasteiger partial charge in [-0.25, -0.2) is 4.79 Å². The Bertz CT molecular complexity index is 505. The highest BCUT2D eigenvalue weighted by molar-refractivity contribution is 5.96. The summed E-state index contributed by atoms with van der Waals surface area (Å²) in [4.78, 5) is 42.4. The number of piperazine rings is 1. The van der Waals surface area contributed by atoms with Crippen molar-refractivity contribution < 1.29 is 14.4 Å². The summed E-state index contributed by atoms with van der Waals surface area (Å²) in [5.41, 5.74) is 0. The molecular weight excluding hydrogens is 334 g/mol. The monoisotopic (exact) mass is 367 g/mol. The van der Waals surface area contributed by atoms with E-state index in [1.54, 1.807) is 6.92 Å². The molecule has 2 atom stereocenters. The number of likely N-dealkylation sites (tertiary alicyclic amines) is 1. The minimum atomic E-state index is -0.454. The molecule has 0 aromatic rings. The average molecular weight is 367 g/mol. The first kappa shape index (κ1) is 20.6. The van der Waals surface area contributed by atoms with Crippen molar-refractivity contribution in [3.05, 3.63) is 0 Å². The summed E-state index contributed by atoms with van der Waals surface area (Å²) in [5.74, 6) is -0.0738. The molecule has 26 heavy (non-hydrogen) atoms. The maximum Gasteiger partial charge on any atom is 0.321 e. The smallest absolute Gasteiger partial charge is 0.321 e. The molecule has 0 bridgehead atoms. The van der Waals surface area contributed by atoms with E-state index >= 15 is 0 Å². The highest BCUT2D eigenvalue weighted by Gasteiger charge is 2.29. The first-order valence-electron chi connectivity index (χ1n) is 9.77. The summed E-state index contributed by atoms with van der Waals surface area (Å²) in [7, 11) is 0. The van der Waals surface area contributed by atoms with Crippen LogP contribution in [0, 0.1) is 0 Å². The summed E-state index contributed by atoms with van der Waals surface area (Å²) >= 11 is 0. The SMILES string of the molecule is CCNC(=O)NC(=O)[C@@H](C)N1CCN(CC(=O)N2CCCC[C@H]2C)CC1. The summed E-state index contributed by atoms with van der Waals surface area (Å²) < 4.78 is 0. The van der Waals surface area contributed by atoms with Gasteiger partial charge in [-0.05, 0) is 40.0 Å². The molecule has 2 N–H and O–H groups in total. The van der Waals surface area contributed by atoms with Gasteiger partial charge in [-0.15, -0.1) is 0 Å². The Labute approximate surface area is 156 Å². The van der Waals surface area contributed by atoms with E-state index in [-0.39, 0.29) is 17.9 Å². The van der Waals surface area contributed by atoms with Crippen molar-refractivity contribution >= 4 is 17.8 Å². The molecule has 4 amide bonds. The van der Waals surface area contributed by atoms with Gasteiger partial charge < -0.3 is 10.2 Å². The van der Waals surface area contributed by atoms with Gasteiger partial charge in [-0.3, -0.25) is 24.7 Å². The highest BCUT2D eigenvalue weighted by atomic mass is 16.2. The molecule has 2 saturated heterocycles. The molecule has 0 saturated carbocycles. The molecule has 0 aromatic carbocycles. The van der Waals surface area contributed by atoms with Crippen LogP contribution < -0.4 is 10.6 Å². The Morgan fingerprint density at radius 3 is 2.38 bits per heavy atom. The molecule has 2 rings (SSSR count). The number of carbonyl (C=O) groups excluding carboxylic acids is 3. The lowest BCUT2D eigenvalue weighted by Crippen LogP contribution is -2.57. The van der Waals surface area contributed by atoms with E-state index in [1.807, 2.05) is 11.8 Å². The topological polar surface area (TPSA) is 85.0 Å². The van der Waals surface area contributed by atoms with Gasteiger partial charge in [0.1, 0.15) is 0 Å². The lowest BCUT2D eigenvalue weighted by atomic mass is 10.0. The average Bonchev–Trinajstić information content (AvgIpc) is 2.62. The van der Waals surface area contributed by atoms with Gasteiger partial charge in [0.15, 0.2) is 0 Å². The molecule has 8 nitrogen and oxygen atoms in total. The molecule has 0 spiro atoms. The van der Waals surface area contributed by atoms with E-state index in [1.165, 1.54) is 6.42 Å². The number of nitrogens with zero attached hydrogens (tertiary/aromatic N) is 3. The fraction of sp³-hybridized carbons (Fsp3) is 0.833. The van der Waals surface area contributed by atoms with Crippen molar-refractivity contribution in [3.63, 3.8) is 0 Å². The second kappa shape index (κ2) is 9.87. The second-order valence-corrected chi connectivity index (χ2v) is 7.27. The fourth-order valence-corrected chi connectivity index (χ4v) is 3.65. The first-order valence-corrected chi connectivity index (χ1v) is 9.77. The van der Waals surface area contributed by atoms with Crippen LogP contribution in [-0.2, 0) is 9.59 Å². The van der Waals surface area contributed by atoms with Crippen LogP contribution in [-0.4, -0.2) is 90.4 Å². The lowest BCUT2D eigenvalue weighted by Gasteiger charge is -2.39. The molecule has 2 aliphatic heterocycles. The van der Waals surface area contributed by atoms with E-state index in [9.17, 15) is 14.4 Å². The Hall–Kier alpha value is -1.67. The van der Waals surface area contributed by atoms with Crippen molar-refractivity contribution in [2.45, 2.75) is 52.1 Å². The fourth-order valence-electron chi connectivity index (χ4n) is 3.65. The Kier molecular flexibility index (Phi) is 7.84. The van der Waals surface area contributed by atoms with Crippen molar-refractivity contribution in [2.75, 3.05) is 45.8 Å². The minimum absolute atomic E-state index is 0.215. The van der Waals surface area contributed by atoms with E-state index in [0.717, 1.165) is 32.5 Å². The molecular formula is C18H33N5O3. The van der Waals surface area contributed by atoms with Gasteiger partial charge >= 0.3 is 6.03 Å². The van der Waals surface area contributed by atoms with Gasteiger partial charge in [-0.1, -0.05) is 0 Å². The summed E-state index contributed by atoms with van der Waals surface area (Å²) in [6.07, 6.45) is 3.40. The predicted octanol–water partition coefficient (Wildman–Crippen LogP) is 0.239. The number of imide groups is 1. The Balaban J connectivity index is 1.75. The molecule has 0 aliphatic carbocycles. The molecule has 2 aliphatic rings. The Morgan fingerprint density at radius 1 is 1.08 bits per heavy atom. The molecule has 0 unspecified atom stereocenters. The summed E-state index contributed by atoms with van der Waals surface area (Å²) in [6.45, 7) is 10.5. The van der Waals surface area contributed by atoms with Crippen LogP contribution >= 0.6 is 0 Å². The number of urea groups is 1. The van der Waals surface area contributed by atoms with Gasteiger partial charge in [0.05, 0.1) is 12.6 Å². The number of amides is 4. The predicted molar refractivity (Wildman–Crippen MR) is 99.7 cm³/mol. The number of piperidine rings is 1. The Morgan fingerprint density at radius 2 is 1.77 bits per heavy atom. The quantitative estimate of drug-likeness (QED) is 0.727. The number of nitrogens with one attached hydrogen (secondary N) is 2. The van der Waals surface area contributed by atoms with Crippen molar-refractivity contribution in [1.82, 2.24) is 25.3 Å². The van der Waals surface area contributed by atoms with Crippen molar-refractivity contribution in [1.29, 1.82) is 0 Å². The van der Waals surface area contributed by atoms with Crippen molar-refractivity contribution in [2.24, 2.45) is 0 Å². The van der Waals surface area contributed by atoms with Gasteiger partial charge in [0, 0.05) is 45.3 Å². The summed E-state index contributed by atoms with van der Waals surface area (Å²) in [5, 5.41) is 4.92. The third kappa shape index (κ3) is 5.67. The van der Waals surface area contributed by atoms with Crippen LogP contribution in [0.5, 0.6) is 0 Å². The van der Waals surface area contributed by atoms with Gasteiger partial charge in [-0.2, -0.15) is 0 Å². The first-order chi connectivity index (χ1) is 12.4. The van der Waals surface area contributed by atoms with Crippen LogP contribution in [0.15, 0.2) is 0 Å². The lowest BCUT2D eigenvalue weighted by molar-refractivity contribution is -0.136. The standard InChI is InChI=1S/C18H33N5O3/c1-4-19-18(26)20-17(25)15(3)22-11-9-21(10-12-22)13-16(24)23-8-6-5-7-14(23)2/h14-15H,4-13H2,1-3H3,(H2,19,20,25,26)/t14-,15-/m1/s1. The van der Waals surface area contributed by atoms with Crippen LogP contribution in [0.4, 0.5) is 4.79 Å². The molecule has 148 valence electrons. The number of hydrogen-bond acceptors (Lipinski definition) is 5. The zero-order valence-corrected chi connectivity index (χ0v) is 16.3. The van der Waals surface area contributed by atoms with Crippen LogP contribution in [0.1, 0.15) is 40.0 Å². The molecule has 0 aromatic heterocycles. The van der Waals surface area contributed by atoms with Crippen LogP contribution in [0.3, 0.4) is 0 Å². The number of hydrogen-bond donors (Lipinski definition) is 2.